The zero-order valence-corrected chi connectivity index (χ0v) is 13.0. The van der Waals surface area contributed by atoms with E-state index in [2.05, 4.69) is 16.7 Å². The normalized spacial score (nSPS) is 11.1. The van der Waals surface area contributed by atoms with Crippen LogP contribution in [0.5, 0.6) is 5.75 Å². The number of aliphatic hydroxyl groups excluding tert-OH is 1. The van der Waals surface area contributed by atoms with Gasteiger partial charge in [-0.25, -0.2) is 0 Å². The van der Waals surface area contributed by atoms with Gasteiger partial charge < -0.3 is 20.5 Å². The first-order valence-electron chi connectivity index (χ1n) is 5.95. The van der Waals surface area contributed by atoms with E-state index >= 15 is 0 Å². The summed E-state index contributed by atoms with van der Waals surface area (Å²) in [5, 5.41) is 15.5. The molecule has 0 aliphatic rings. The van der Waals surface area contributed by atoms with E-state index in [0.717, 1.165) is 30.9 Å². The number of halogens is 2. The van der Waals surface area contributed by atoms with Gasteiger partial charge in [-0.3, -0.25) is 0 Å². The maximum absolute atomic E-state index is 9.06. The van der Waals surface area contributed by atoms with Crippen LogP contribution in [0.3, 0.4) is 0 Å². The Balaban J connectivity index is 0. The monoisotopic (exact) mass is 310 g/mol. The Morgan fingerprint density at radius 3 is 2.42 bits per heavy atom. The van der Waals surface area contributed by atoms with Gasteiger partial charge in [0.2, 0.25) is 0 Å². The molecular formula is C13H24Cl2N2O2. The molecule has 112 valence electrons. The molecular weight excluding hydrogens is 287 g/mol. The molecule has 3 N–H and O–H groups in total. The first-order valence-corrected chi connectivity index (χ1v) is 5.95. The van der Waals surface area contributed by atoms with Gasteiger partial charge in [0.1, 0.15) is 5.75 Å². The van der Waals surface area contributed by atoms with Gasteiger partial charge in [0.25, 0.3) is 0 Å². The molecule has 1 unspecified atom stereocenters. The van der Waals surface area contributed by atoms with Gasteiger partial charge in [0, 0.05) is 31.7 Å². The highest BCUT2D eigenvalue weighted by Crippen LogP contribution is 2.16. The van der Waals surface area contributed by atoms with E-state index in [1.165, 1.54) is 0 Å². The molecule has 0 saturated carbocycles. The maximum atomic E-state index is 9.06. The van der Waals surface area contributed by atoms with E-state index in [4.69, 9.17) is 9.84 Å². The molecule has 0 heterocycles. The summed E-state index contributed by atoms with van der Waals surface area (Å²) in [6.45, 7) is 4.91. The van der Waals surface area contributed by atoms with Crippen LogP contribution in [0, 0.1) is 0 Å². The zero-order chi connectivity index (χ0) is 12.5. The molecule has 1 rings (SSSR count). The fourth-order valence-electron chi connectivity index (χ4n) is 1.56. The molecule has 19 heavy (non-hydrogen) atoms. The lowest BCUT2D eigenvalue weighted by Crippen LogP contribution is -2.31. The number of methoxy groups -OCH3 is 1. The van der Waals surface area contributed by atoms with E-state index in [1.54, 1.807) is 14.0 Å². The van der Waals surface area contributed by atoms with Crippen LogP contribution in [-0.2, 0) is 6.54 Å². The third kappa shape index (κ3) is 9.08. The predicted octanol–water partition coefficient (Wildman–Crippen LogP) is 1.60. The minimum absolute atomic E-state index is 0. The third-order valence-corrected chi connectivity index (χ3v) is 2.43. The molecule has 1 aromatic rings. The second kappa shape index (κ2) is 12.5. The smallest absolute Gasteiger partial charge is 0.123 e. The number of benzene rings is 1. The first-order chi connectivity index (χ1) is 8.24. The van der Waals surface area contributed by atoms with Crippen LogP contribution in [0.4, 0.5) is 0 Å². The summed E-state index contributed by atoms with van der Waals surface area (Å²) in [4.78, 5) is 0. The predicted molar refractivity (Wildman–Crippen MR) is 83.7 cm³/mol. The largest absolute Gasteiger partial charge is 0.496 e. The molecule has 6 heteroatoms. The molecule has 1 atom stereocenters. The SMILES string of the molecule is COc1ccccc1CNCCNCC(C)O.Cl.Cl. The highest BCUT2D eigenvalue weighted by Gasteiger charge is 2.00. The van der Waals surface area contributed by atoms with Crippen molar-refractivity contribution >= 4 is 24.8 Å². The highest BCUT2D eigenvalue weighted by molar-refractivity contribution is 5.85. The van der Waals surface area contributed by atoms with Gasteiger partial charge in [0.05, 0.1) is 13.2 Å². The lowest BCUT2D eigenvalue weighted by molar-refractivity contribution is 0.191. The molecule has 0 saturated heterocycles. The van der Waals surface area contributed by atoms with Crippen molar-refractivity contribution in [1.82, 2.24) is 10.6 Å². The summed E-state index contributed by atoms with van der Waals surface area (Å²) < 4.78 is 5.27. The van der Waals surface area contributed by atoms with Crippen molar-refractivity contribution in [3.05, 3.63) is 29.8 Å². The summed E-state index contributed by atoms with van der Waals surface area (Å²) in [6.07, 6.45) is -0.288. The molecule has 1 aromatic carbocycles. The Bertz CT molecular complexity index is 325. The van der Waals surface area contributed by atoms with Gasteiger partial charge in [-0.2, -0.15) is 0 Å². The quantitative estimate of drug-likeness (QED) is 0.638. The lowest BCUT2D eigenvalue weighted by atomic mass is 10.2. The molecule has 0 aromatic heterocycles. The Labute approximate surface area is 127 Å². The van der Waals surface area contributed by atoms with Gasteiger partial charge in [-0.05, 0) is 13.0 Å². The molecule has 0 aliphatic heterocycles. The van der Waals surface area contributed by atoms with Crippen molar-refractivity contribution in [3.63, 3.8) is 0 Å². The lowest BCUT2D eigenvalue weighted by Gasteiger charge is -2.10. The molecule has 0 radical (unpaired) electrons. The van der Waals surface area contributed by atoms with Gasteiger partial charge in [-0.1, -0.05) is 18.2 Å². The van der Waals surface area contributed by atoms with E-state index in [1.807, 2.05) is 18.2 Å². The molecule has 0 bridgehead atoms. The van der Waals surface area contributed by atoms with Gasteiger partial charge in [0.15, 0.2) is 0 Å². The van der Waals surface area contributed by atoms with Crippen molar-refractivity contribution in [2.24, 2.45) is 0 Å². The fourth-order valence-corrected chi connectivity index (χ4v) is 1.56. The van der Waals surface area contributed by atoms with E-state index in [9.17, 15) is 0 Å². The second-order valence-corrected chi connectivity index (χ2v) is 4.04. The van der Waals surface area contributed by atoms with Gasteiger partial charge in [-0.15, -0.1) is 24.8 Å². The highest BCUT2D eigenvalue weighted by atomic mass is 35.5. The zero-order valence-electron chi connectivity index (χ0n) is 11.4. The molecule has 0 fully saturated rings. The summed E-state index contributed by atoms with van der Waals surface area (Å²) in [5.74, 6) is 0.914. The average Bonchev–Trinajstić information content (AvgIpc) is 2.33. The number of ether oxygens (including phenoxy) is 1. The number of para-hydroxylation sites is 1. The van der Waals surface area contributed by atoms with Crippen molar-refractivity contribution in [2.45, 2.75) is 19.6 Å². The topological polar surface area (TPSA) is 53.5 Å². The van der Waals surface area contributed by atoms with Crippen molar-refractivity contribution < 1.29 is 9.84 Å². The van der Waals surface area contributed by atoms with Crippen LogP contribution < -0.4 is 15.4 Å². The minimum Gasteiger partial charge on any atom is -0.496 e. The van der Waals surface area contributed by atoms with E-state index in [0.29, 0.717) is 6.54 Å². The van der Waals surface area contributed by atoms with E-state index < -0.39 is 0 Å². The van der Waals surface area contributed by atoms with Gasteiger partial charge >= 0.3 is 0 Å². The summed E-state index contributed by atoms with van der Waals surface area (Å²) in [6, 6.07) is 7.98. The van der Waals surface area contributed by atoms with Crippen LogP contribution in [0.2, 0.25) is 0 Å². The van der Waals surface area contributed by atoms with E-state index in [-0.39, 0.29) is 30.9 Å². The second-order valence-electron chi connectivity index (χ2n) is 4.04. The Kier molecular flexibility index (Phi) is 13.7. The maximum Gasteiger partial charge on any atom is 0.123 e. The third-order valence-electron chi connectivity index (χ3n) is 2.43. The summed E-state index contributed by atoms with van der Waals surface area (Å²) >= 11 is 0. The van der Waals surface area contributed by atoms with Crippen LogP contribution in [0.1, 0.15) is 12.5 Å². The molecule has 4 nitrogen and oxygen atoms in total. The van der Waals surface area contributed by atoms with Crippen LogP contribution >= 0.6 is 24.8 Å². The van der Waals surface area contributed by atoms with Crippen LogP contribution in [-0.4, -0.2) is 38.0 Å². The number of hydrogen-bond donors (Lipinski definition) is 3. The number of rotatable bonds is 8. The number of nitrogens with one attached hydrogen (secondary N) is 2. The van der Waals surface area contributed by atoms with Crippen molar-refractivity contribution in [1.29, 1.82) is 0 Å². The molecule has 0 aliphatic carbocycles. The summed E-state index contributed by atoms with van der Waals surface area (Å²) in [7, 11) is 1.68. The van der Waals surface area contributed by atoms with Crippen molar-refractivity contribution in [2.75, 3.05) is 26.7 Å². The number of hydrogen-bond acceptors (Lipinski definition) is 4. The molecule has 0 amide bonds. The average molecular weight is 311 g/mol. The summed E-state index contributed by atoms with van der Waals surface area (Å²) in [5.41, 5.74) is 1.16. The van der Waals surface area contributed by atoms with Crippen LogP contribution in [0.15, 0.2) is 24.3 Å². The Morgan fingerprint density at radius 2 is 1.79 bits per heavy atom. The Morgan fingerprint density at radius 1 is 1.16 bits per heavy atom. The number of aliphatic hydroxyl groups is 1. The van der Waals surface area contributed by atoms with Crippen molar-refractivity contribution in [3.8, 4) is 5.75 Å². The first kappa shape index (κ1) is 20.8. The standard InChI is InChI=1S/C13H22N2O2.2ClH/c1-11(16)9-14-7-8-15-10-12-5-3-4-6-13(12)17-2;;/h3-6,11,14-16H,7-10H2,1-2H3;2*1H. The minimum atomic E-state index is -0.288. The fraction of sp³-hybridized carbons (Fsp3) is 0.538. The molecule has 0 spiro atoms. The Hall–Kier alpha value is -0.520. The van der Waals surface area contributed by atoms with Crippen LogP contribution in [0.25, 0.3) is 0 Å².